The van der Waals surface area contributed by atoms with Gasteiger partial charge in [-0.25, -0.2) is 0 Å². The van der Waals surface area contributed by atoms with Crippen LogP contribution >= 0.6 is 11.3 Å². The van der Waals surface area contributed by atoms with Crippen LogP contribution in [0.5, 0.6) is 0 Å². The lowest BCUT2D eigenvalue weighted by Gasteiger charge is -2.27. The van der Waals surface area contributed by atoms with Gasteiger partial charge in [-0.1, -0.05) is 101 Å². The van der Waals surface area contributed by atoms with Crippen LogP contribution in [0.2, 0.25) is 0 Å². The fourth-order valence-corrected chi connectivity index (χ4v) is 4.41. The fraction of sp³-hybridized carbons (Fsp3) is 0.750. The van der Waals surface area contributed by atoms with E-state index in [1.807, 2.05) is 23.5 Å². The van der Waals surface area contributed by atoms with Crippen LogP contribution in [0.25, 0.3) is 0 Å². The van der Waals surface area contributed by atoms with E-state index in [0.717, 1.165) is 11.8 Å². The summed E-state index contributed by atoms with van der Waals surface area (Å²) in [7, 11) is 0. The van der Waals surface area contributed by atoms with Gasteiger partial charge in [0.15, 0.2) is 0 Å². The third-order valence-corrected chi connectivity index (χ3v) is 8.83. The van der Waals surface area contributed by atoms with E-state index in [1.165, 1.54) is 37.0 Å². The quantitative estimate of drug-likeness (QED) is 0.404. The average Bonchev–Trinajstić information content (AvgIpc) is 3.52. The average molecular weight is 490 g/mol. The topological polar surface area (TPSA) is 4.93 Å². The molecule has 0 N–H and O–H groups in total. The highest BCUT2D eigenvalue weighted by molar-refractivity contribution is 7.10. The zero-order valence-electron chi connectivity index (χ0n) is 25.2. The van der Waals surface area contributed by atoms with Crippen molar-refractivity contribution in [3.63, 3.8) is 0 Å². The van der Waals surface area contributed by atoms with Gasteiger partial charge in [-0.3, -0.25) is 0 Å². The summed E-state index contributed by atoms with van der Waals surface area (Å²) < 4.78 is 2.17. The second-order valence-corrected chi connectivity index (χ2v) is 14.2. The summed E-state index contributed by atoms with van der Waals surface area (Å²) in [4.78, 5) is 1.46. The molecule has 1 aliphatic carbocycles. The first-order chi connectivity index (χ1) is 15.5. The molecule has 0 aliphatic heterocycles. The third-order valence-electron chi connectivity index (χ3n) is 7.54. The lowest BCUT2D eigenvalue weighted by molar-refractivity contribution is 0.240. The van der Waals surface area contributed by atoms with Gasteiger partial charge >= 0.3 is 0 Å². The zero-order valence-corrected chi connectivity index (χ0v) is 26.0. The standard InChI is InChI=1S/C9H18.C8H12S.C8H18.C7H11N/c1-9(2,3)8-6-4-5-7-8;1-8(2,3)7-5-4-6-9-7;1-6-8(4,5)7(2)3;1-7(2)8-5-3-4-6-8/h8H,4-7H2,1-3H3;4-6H,1-3H3;7H,6H2,1-5H3;3-7H,1-2H3. The van der Waals surface area contributed by atoms with Crippen molar-refractivity contribution in [1.82, 2.24) is 4.57 Å². The molecule has 0 bridgehead atoms. The molecular weight excluding hydrogens is 430 g/mol. The molecule has 2 heterocycles. The molecule has 2 aromatic rings. The molecular formula is C32H59NS. The minimum absolute atomic E-state index is 0.341. The van der Waals surface area contributed by atoms with Crippen molar-refractivity contribution in [3.05, 3.63) is 46.9 Å². The molecule has 0 amide bonds. The second-order valence-electron chi connectivity index (χ2n) is 13.3. The highest BCUT2D eigenvalue weighted by Gasteiger charge is 2.26. The fourth-order valence-electron chi connectivity index (χ4n) is 3.60. The van der Waals surface area contributed by atoms with Crippen LogP contribution in [-0.2, 0) is 5.41 Å². The Balaban J connectivity index is 0.000000428. The van der Waals surface area contributed by atoms with E-state index in [2.05, 4.69) is 124 Å². The Morgan fingerprint density at radius 1 is 0.853 bits per heavy atom. The highest BCUT2D eigenvalue weighted by atomic mass is 32.1. The molecule has 0 saturated heterocycles. The Hall–Kier alpha value is -1.02. The molecule has 0 atom stereocenters. The first-order valence-electron chi connectivity index (χ1n) is 13.7. The molecule has 0 unspecified atom stereocenters. The lowest BCUT2D eigenvalue weighted by atomic mass is 9.79. The van der Waals surface area contributed by atoms with Gasteiger partial charge in [0.05, 0.1) is 0 Å². The molecule has 1 fully saturated rings. The van der Waals surface area contributed by atoms with E-state index >= 15 is 0 Å². The predicted molar refractivity (Wildman–Crippen MR) is 158 cm³/mol. The van der Waals surface area contributed by atoms with Crippen molar-refractivity contribution in [3.8, 4) is 0 Å². The lowest BCUT2D eigenvalue weighted by Crippen LogP contribution is -2.17. The van der Waals surface area contributed by atoms with Crippen LogP contribution in [0, 0.1) is 22.7 Å². The van der Waals surface area contributed by atoms with Crippen molar-refractivity contribution in [1.29, 1.82) is 0 Å². The maximum Gasteiger partial charge on any atom is 0.0274 e. The first kappa shape index (κ1) is 33.0. The van der Waals surface area contributed by atoms with Crippen molar-refractivity contribution < 1.29 is 0 Å². The van der Waals surface area contributed by atoms with Crippen LogP contribution in [0.4, 0.5) is 0 Å². The Labute approximate surface area is 218 Å². The van der Waals surface area contributed by atoms with Crippen molar-refractivity contribution in [2.24, 2.45) is 22.7 Å². The third kappa shape index (κ3) is 13.8. The van der Waals surface area contributed by atoms with E-state index in [9.17, 15) is 0 Å². The second kappa shape index (κ2) is 15.2. The van der Waals surface area contributed by atoms with E-state index < -0.39 is 0 Å². The monoisotopic (exact) mass is 489 g/mol. The molecule has 198 valence electrons. The largest absolute Gasteiger partial charge is 0.352 e. The molecule has 3 rings (SSSR count). The maximum atomic E-state index is 2.36. The summed E-state index contributed by atoms with van der Waals surface area (Å²) >= 11 is 1.83. The Morgan fingerprint density at radius 3 is 1.53 bits per heavy atom. The predicted octanol–water partition coefficient (Wildman–Crippen LogP) is 11.4. The van der Waals surface area contributed by atoms with Crippen molar-refractivity contribution >= 4 is 11.3 Å². The van der Waals surface area contributed by atoms with Gasteiger partial charge in [-0.15, -0.1) is 11.3 Å². The summed E-state index contributed by atoms with van der Waals surface area (Å²) in [6.45, 7) is 29.6. The van der Waals surface area contributed by atoms with Crippen molar-refractivity contribution in [2.75, 3.05) is 0 Å². The first-order valence-corrected chi connectivity index (χ1v) is 14.6. The van der Waals surface area contributed by atoms with E-state index in [-0.39, 0.29) is 0 Å². The Morgan fingerprint density at radius 2 is 1.35 bits per heavy atom. The zero-order chi connectivity index (χ0) is 26.6. The molecule has 34 heavy (non-hydrogen) atoms. The molecule has 0 spiro atoms. The molecule has 0 radical (unpaired) electrons. The smallest absolute Gasteiger partial charge is 0.0274 e. The van der Waals surface area contributed by atoms with Crippen molar-refractivity contribution in [2.45, 2.75) is 134 Å². The summed E-state index contributed by atoms with van der Waals surface area (Å²) in [6.07, 6.45) is 11.3. The minimum Gasteiger partial charge on any atom is -0.352 e. The van der Waals surface area contributed by atoms with Gasteiger partial charge in [0, 0.05) is 23.3 Å². The van der Waals surface area contributed by atoms with E-state index in [1.54, 1.807) is 0 Å². The van der Waals surface area contributed by atoms with Crippen LogP contribution in [0.1, 0.15) is 133 Å². The number of rotatable bonds is 3. The van der Waals surface area contributed by atoms with Crippen LogP contribution in [-0.4, -0.2) is 4.57 Å². The van der Waals surface area contributed by atoms with Gasteiger partial charge in [-0.2, -0.15) is 0 Å². The number of thiophene rings is 1. The molecule has 1 nitrogen and oxygen atoms in total. The normalized spacial score (nSPS) is 14.7. The van der Waals surface area contributed by atoms with Gasteiger partial charge in [0.25, 0.3) is 0 Å². The van der Waals surface area contributed by atoms with Gasteiger partial charge in [0.2, 0.25) is 0 Å². The molecule has 2 aromatic heterocycles. The summed E-state index contributed by atoms with van der Waals surface area (Å²) in [5.74, 6) is 1.82. The van der Waals surface area contributed by atoms with Gasteiger partial charge in [-0.05, 0) is 78.3 Å². The van der Waals surface area contributed by atoms with E-state index in [4.69, 9.17) is 0 Å². The van der Waals surface area contributed by atoms with E-state index in [0.29, 0.717) is 22.3 Å². The molecule has 0 aromatic carbocycles. The van der Waals surface area contributed by atoms with Crippen LogP contribution < -0.4 is 0 Å². The SMILES string of the molecule is CC(C)(C)C1CCCC1.CC(C)(C)c1cccs1.CC(C)n1cccc1.CCC(C)(C)C(C)C. The number of hydrogen-bond donors (Lipinski definition) is 0. The summed E-state index contributed by atoms with van der Waals surface area (Å²) in [6, 6.07) is 8.97. The number of hydrogen-bond acceptors (Lipinski definition) is 1. The number of nitrogens with zero attached hydrogens (tertiary/aromatic N) is 1. The number of aromatic nitrogens is 1. The highest BCUT2D eigenvalue weighted by Crippen LogP contribution is 2.38. The maximum absolute atomic E-state index is 2.36. The Kier molecular flexibility index (Phi) is 14.7. The minimum atomic E-state index is 0.341. The van der Waals surface area contributed by atoms with Crippen LogP contribution in [0.3, 0.4) is 0 Å². The summed E-state index contributed by atoms with van der Waals surface area (Å²) in [5.41, 5.74) is 1.46. The summed E-state index contributed by atoms with van der Waals surface area (Å²) in [5, 5.41) is 2.13. The molecule has 1 saturated carbocycles. The molecule has 1 aliphatic rings. The Bertz CT molecular complexity index is 700. The van der Waals surface area contributed by atoms with Gasteiger partial charge in [0.1, 0.15) is 0 Å². The van der Waals surface area contributed by atoms with Gasteiger partial charge < -0.3 is 4.57 Å². The molecule has 2 heteroatoms. The van der Waals surface area contributed by atoms with Crippen LogP contribution in [0.15, 0.2) is 42.0 Å².